The minimum atomic E-state index is -0.687. The van der Waals surface area contributed by atoms with Gasteiger partial charge in [0, 0.05) is 17.1 Å². The first-order chi connectivity index (χ1) is 14.3. The van der Waals surface area contributed by atoms with Gasteiger partial charge in [0.2, 0.25) is 0 Å². The van der Waals surface area contributed by atoms with Crippen LogP contribution in [-0.4, -0.2) is 60.9 Å². The standard InChI is InChI=1S/C23H25ClN2O4/c1-25(2)13-4-14-26-20(15-7-11-18(30-3)12-8-15)19(22(28)23(26)29)21(27)16-5-9-17(24)10-6-16/h5-12,20,27H,4,13-14H2,1-3H3. The van der Waals surface area contributed by atoms with Crippen molar-refractivity contribution >= 4 is 29.1 Å². The normalized spacial score (nSPS) is 18.3. The summed E-state index contributed by atoms with van der Waals surface area (Å²) in [5.74, 6) is -0.833. The van der Waals surface area contributed by atoms with Gasteiger partial charge in [-0.1, -0.05) is 23.7 Å². The predicted octanol–water partition coefficient (Wildman–Crippen LogP) is 3.72. The molecule has 1 unspecified atom stereocenters. The maximum Gasteiger partial charge on any atom is 0.295 e. The number of ether oxygens (including phenoxy) is 1. The Hall–Kier alpha value is -2.83. The molecular weight excluding hydrogens is 404 g/mol. The Morgan fingerprint density at radius 3 is 2.30 bits per heavy atom. The van der Waals surface area contributed by atoms with E-state index in [2.05, 4.69) is 0 Å². The summed E-state index contributed by atoms with van der Waals surface area (Å²) in [6.45, 7) is 1.17. The molecule has 1 heterocycles. The fourth-order valence-electron chi connectivity index (χ4n) is 3.56. The van der Waals surface area contributed by atoms with Crippen LogP contribution in [0.4, 0.5) is 0 Å². The third kappa shape index (κ3) is 4.50. The topological polar surface area (TPSA) is 70.1 Å². The molecular formula is C23H25ClN2O4. The molecule has 3 rings (SSSR count). The number of ketones is 1. The van der Waals surface area contributed by atoms with Crippen molar-refractivity contribution in [3.63, 3.8) is 0 Å². The summed E-state index contributed by atoms with van der Waals surface area (Å²) < 4.78 is 5.22. The number of rotatable bonds is 7. The van der Waals surface area contributed by atoms with Crippen LogP contribution in [0.5, 0.6) is 5.75 Å². The van der Waals surface area contributed by atoms with Crippen molar-refractivity contribution in [2.75, 3.05) is 34.3 Å². The number of hydrogen-bond acceptors (Lipinski definition) is 5. The molecule has 1 amide bonds. The first-order valence-electron chi connectivity index (χ1n) is 9.66. The average molecular weight is 429 g/mol. The van der Waals surface area contributed by atoms with Crippen LogP contribution >= 0.6 is 11.6 Å². The highest BCUT2D eigenvalue weighted by atomic mass is 35.5. The van der Waals surface area contributed by atoms with Gasteiger partial charge in [-0.25, -0.2) is 0 Å². The molecule has 1 saturated heterocycles. The Morgan fingerprint density at radius 1 is 1.10 bits per heavy atom. The van der Waals surface area contributed by atoms with Crippen molar-refractivity contribution in [1.82, 2.24) is 9.80 Å². The van der Waals surface area contributed by atoms with E-state index in [0.717, 1.165) is 12.1 Å². The van der Waals surface area contributed by atoms with Crippen molar-refractivity contribution in [2.45, 2.75) is 12.5 Å². The first-order valence-corrected chi connectivity index (χ1v) is 10.0. The van der Waals surface area contributed by atoms with E-state index in [0.29, 0.717) is 29.3 Å². The zero-order chi connectivity index (χ0) is 21.8. The number of hydrogen-bond donors (Lipinski definition) is 1. The van der Waals surface area contributed by atoms with Gasteiger partial charge in [0.1, 0.15) is 11.5 Å². The van der Waals surface area contributed by atoms with Crippen LogP contribution in [0.2, 0.25) is 5.02 Å². The second kappa shape index (κ2) is 9.32. The number of methoxy groups -OCH3 is 1. The van der Waals surface area contributed by atoms with Gasteiger partial charge in [0.25, 0.3) is 11.7 Å². The zero-order valence-corrected chi connectivity index (χ0v) is 18.0. The van der Waals surface area contributed by atoms with Crippen molar-refractivity contribution in [2.24, 2.45) is 0 Å². The molecule has 0 radical (unpaired) electrons. The summed E-state index contributed by atoms with van der Waals surface area (Å²) in [7, 11) is 5.48. The van der Waals surface area contributed by atoms with Crippen molar-refractivity contribution in [3.05, 3.63) is 70.3 Å². The molecule has 0 aromatic heterocycles. The highest BCUT2D eigenvalue weighted by molar-refractivity contribution is 6.46. The van der Waals surface area contributed by atoms with E-state index in [1.54, 1.807) is 43.5 Å². The van der Waals surface area contributed by atoms with Crippen LogP contribution in [-0.2, 0) is 9.59 Å². The molecule has 1 fully saturated rings. The van der Waals surface area contributed by atoms with Gasteiger partial charge in [-0.2, -0.15) is 0 Å². The Balaban J connectivity index is 2.07. The zero-order valence-electron chi connectivity index (χ0n) is 17.3. The molecule has 2 aromatic carbocycles. The van der Waals surface area contributed by atoms with E-state index in [9.17, 15) is 14.7 Å². The molecule has 6 nitrogen and oxygen atoms in total. The molecule has 0 bridgehead atoms. The van der Waals surface area contributed by atoms with Crippen LogP contribution in [0.1, 0.15) is 23.6 Å². The van der Waals surface area contributed by atoms with Gasteiger partial charge in [-0.15, -0.1) is 0 Å². The largest absolute Gasteiger partial charge is 0.507 e. The second-order valence-corrected chi connectivity index (χ2v) is 7.87. The number of carbonyl (C=O) groups excluding carboxylic acids is 2. The number of likely N-dealkylation sites (tertiary alicyclic amines) is 1. The van der Waals surface area contributed by atoms with Crippen LogP contribution in [0, 0.1) is 0 Å². The number of aliphatic hydroxyl groups is 1. The maximum atomic E-state index is 12.9. The lowest BCUT2D eigenvalue weighted by Crippen LogP contribution is -2.32. The van der Waals surface area contributed by atoms with E-state index in [1.807, 2.05) is 31.1 Å². The van der Waals surface area contributed by atoms with Crippen LogP contribution < -0.4 is 4.74 Å². The Kier molecular flexibility index (Phi) is 6.80. The summed E-state index contributed by atoms with van der Waals surface area (Å²) in [4.78, 5) is 29.3. The molecule has 7 heteroatoms. The third-order valence-electron chi connectivity index (χ3n) is 5.09. The number of aliphatic hydroxyl groups excluding tert-OH is 1. The van der Waals surface area contributed by atoms with E-state index >= 15 is 0 Å². The summed E-state index contributed by atoms with van der Waals surface area (Å²) >= 11 is 5.94. The van der Waals surface area contributed by atoms with Crippen LogP contribution in [0.3, 0.4) is 0 Å². The number of amides is 1. The molecule has 0 saturated carbocycles. The van der Waals surface area contributed by atoms with E-state index in [-0.39, 0.29) is 11.3 Å². The highest BCUT2D eigenvalue weighted by Crippen LogP contribution is 2.40. The number of halogens is 1. The second-order valence-electron chi connectivity index (χ2n) is 7.43. The molecule has 158 valence electrons. The fourth-order valence-corrected chi connectivity index (χ4v) is 3.69. The summed E-state index contributed by atoms with van der Waals surface area (Å²) in [6, 6.07) is 13.0. The van der Waals surface area contributed by atoms with Gasteiger partial charge in [-0.05, 0) is 69.0 Å². The lowest BCUT2D eigenvalue weighted by molar-refractivity contribution is -0.139. The Bertz CT molecular complexity index is 952. The number of Topliss-reactive ketones (excluding diaryl/α,β-unsaturated/α-hetero) is 1. The van der Waals surface area contributed by atoms with Gasteiger partial charge < -0.3 is 19.6 Å². The molecule has 1 atom stereocenters. The summed E-state index contributed by atoms with van der Waals surface area (Å²) in [6.07, 6.45) is 0.702. The highest BCUT2D eigenvalue weighted by Gasteiger charge is 2.45. The quantitative estimate of drug-likeness (QED) is 0.413. The third-order valence-corrected chi connectivity index (χ3v) is 5.35. The Labute approximate surface area is 181 Å². The number of nitrogens with zero attached hydrogens (tertiary/aromatic N) is 2. The molecule has 1 N–H and O–H groups in total. The fraction of sp³-hybridized carbons (Fsp3) is 0.304. The van der Waals surface area contributed by atoms with Crippen LogP contribution in [0.25, 0.3) is 5.76 Å². The van der Waals surface area contributed by atoms with Crippen LogP contribution in [0.15, 0.2) is 54.1 Å². The predicted molar refractivity (Wildman–Crippen MR) is 117 cm³/mol. The minimum absolute atomic E-state index is 0.0809. The first kappa shape index (κ1) is 21.9. The van der Waals surface area contributed by atoms with Crippen molar-refractivity contribution in [1.29, 1.82) is 0 Å². The lowest BCUT2D eigenvalue weighted by atomic mass is 9.95. The van der Waals surface area contributed by atoms with Gasteiger partial charge in [-0.3, -0.25) is 9.59 Å². The van der Waals surface area contributed by atoms with E-state index in [4.69, 9.17) is 16.3 Å². The maximum absolute atomic E-state index is 12.9. The van der Waals surface area contributed by atoms with Gasteiger partial charge in [0.05, 0.1) is 18.7 Å². The molecule has 1 aliphatic heterocycles. The smallest absolute Gasteiger partial charge is 0.295 e. The van der Waals surface area contributed by atoms with Gasteiger partial charge >= 0.3 is 0 Å². The number of benzene rings is 2. The molecule has 2 aromatic rings. The van der Waals surface area contributed by atoms with E-state index in [1.165, 1.54) is 4.90 Å². The lowest BCUT2D eigenvalue weighted by Gasteiger charge is -2.26. The number of carbonyl (C=O) groups is 2. The molecule has 0 spiro atoms. The summed E-state index contributed by atoms with van der Waals surface area (Å²) in [5, 5.41) is 11.5. The van der Waals surface area contributed by atoms with Crippen molar-refractivity contribution < 1.29 is 19.4 Å². The SMILES string of the molecule is COc1ccc(C2C(=C(O)c3ccc(Cl)cc3)C(=O)C(=O)N2CCCN(C)C)cc1. The summed E-state index contributed by atoms with van der Waals surface area (Å²) in [5.41, 5.74) is 1.25. The van der Waals surface area contributed by atoms with Crippen molar-refractivity contribution in [3.8, 4) is 5.75 Å². The Morgan fingerprint density at radius 2 is 1.73 bits per heavy atom. The monoisotopic (exact) mass is 428 g/mol. The molecule has 1 aliphatic rings. The average Bonchev–Trinajstić information content (AvgIpc) is 2.98. The van der Waals surface area contributed by atoms with E-state index < -0.39 is 17.7 Å². The van der Waals surface area contributed by atoms with Gasteiger partial charge in [0.15, 0.2) is 0 Å². The molecule has 0 aliphatic carbocycles. The molecule has 30 heavy (non-hydrogen) atoms. The minimum Gasteiger partial charge on any atom is -0.507 e.